The van der Waals surface area contributed by atoms with Gasteiger partial charge in [0.05, 0.1) is 19.8 Å². The molecule has 10 nitrogen and oxygen atoms in total. The highest BCUT2D eigenvalue weighted by molar-refractivity contribution is 7.47. The van der Waals surface area contributed by atoms with Crippen LogP contribution >= 0.6 is 7.82 Å². The maximum atomic E-state index is 12.6. The molecule has 0 saturated carbocycles. The monoisotopic (exact) mass is 819 g/mol. The van der Waals surface area contributed by atoms with Gasteiger partial charge >= 0.3 is 19.8 Å². The molecule has 324 valence electrons. The van der Waals surface area contributed by atoms with E-state index in [4.69, 9.17) is 19.1 Å². The second kappa shape index (κ2) is 41.1. The predicted octanol–water partition coefficient (Wildman–Crippen LogP) is 11.2. The Kier molecular flexibility index (Phi) is 38.8. The minimum atomic E-state index is -4.65. The molecule has 0 aliphatic heterocycles. The molecular weight excluding hydrogens is 743 g/mol. The van der Waals surface area contributed by atoms with Gasteiger partial charge in [0.15, 0.2) is 6.10 Å². The Morgan fingerprint density at radius 2 is 1.00 bits per heavy atom. The molecule has 11 heteroatoms. The average Bonchev–Trinajstić information content (AvgIpc) is 3.20. The van der Waals surface area contributed by atoms with Crippen molar-refractivity contribution in [2.24, 2.45) is 0 Å². The summed E-state index contributed by atoms with van der Waals surface area (Å²) in [6.45, 7) is 2.11. The first-order chi connectivity index (χ1) is 27.7. The zero-order chi connectivity index (χ0) is 41.9. The number of rotatable bonds is 38. The van der Waals surface area contributed by atoms with E-state index < -0.39 is 51.8 Å². The van der Waals surface area contributed by atoms with Crippen molar-refractivity contribution in [1.82, 2.24) is 0 Å². The van der Waals surface area contributed by atoms with Crippen molar-refractivity contribution in [3.8, 4) is 0 Å². The number of hydrogen-bond donors (Lipinski definition) is 3. The van der Waals surface area contributed by atoms with Gasteiger partial charge in [-0.25, -0.2) is 4.57 Å². The van der Waals surface area contributed by atoms with E-state index in [1.54, 1.807) is 0 Å². The largest absolute Gasteiger partial charge is 0.472 e. The van der Waals surface area contributed by atoms with Crippen LogP contribution < -0.4 is 0 Å². The number of unbranched alkanes of at least 4 members (excludes halogenated alkanes) is 8. The zero-order valence-corrected chi connectivity index (χ0v) is 35.9. The second-order valence-corrected chi connectivity index (χ2v) is 15.1. The summed E-state index contributed by atoms with van der Waals surface area (Å²) in [6, 6.07) is 0. The minimum Gasteiger partial charge on any atom is -0.462 e. The van der Waals surface area contributed by atoms with Gasteiger partial charge < -0.3 is 24.6 Å². The highest BCUT2D eigenvalue weighted by atomic mass is 31.2. The number of allylic oxidation sites excluding steroid dienone is 16. The first-order valence-corrected chi connectivity index (χ1v) is 22.7. The van der Waals surface area contributed by atoms with E-state index in [0.717, 1.165) is 83.5 Å². The fourth-order valence-electron chi connectivity index (χ4n) is 4.99. The number of carbonyl (C=O) groups excluding carboxylic acids is 2. The Morgan fingerprint density at radius 1 is 0.544 bits per heavy atom. The number of phosphoric ester groups is 1. The Labute approximate surface area is 344 Å². The molecule has 0 amide bonds. The van der Waals surface area contributed by atoms with Gasteiger partial charge in [0.25, 0.3) is 0 Å². The van der Waals surface area contributed by atoms with Gasteiger partial charge in [-0.05, 0) is 83.5 Å². The third-order valence-corrected chi connectivity index (χ3v) is 9.19. The molecular formula is C46H75O10P. The van der Waals surface area contributed by atoms with Crippen LogP contribution in [0.5, 0.6) is 0 Å². The number of ether oxygens (including phenoxy) is 2. The third-order valence-electron chi connectivity index (χ3n) is 8.24. The van der Waals surface area contributed by atoms with Crippen LogP contribution in [0.2, 0.25) is 0 Å². The van der Waals surface area contributed by atoms with E-state index >= 15 is 0 Å². The molecule has 57 heavy (non-hydrogen) atoms. The van der Waals surface area contributed by atoms with E-state index in [1.807, 2.05) is 12.2 Å². The molecule has 3 atom stereocenters. The van der Waals surface area contributed by atoms with Crippen molar-refractivity contribution >= 4 is 19.8 Å². The third kappa shape index (κ3) is 40.9. The molecule has 0 rings (SSSR count). The molecule has 0 radical (unpaired) electrons. The number of aliphatic hydroxyl groups excluding tert-OH is 2. The van der Waals surface area contributed by atoms with E-state index in [0.29, 0.717) is 12.8 Å². The lowest BCUT2D eigenvalue weighted by Gasteiger charge is -2.20. The Bertz CT molecular complexity index is 1260. The van der Waals surface area contributed by atoms with Crippen LogP contribution in [0.4, 0.5) is 0 Å². The molecule has 0 aromatic carbocycles. The molecule has 0 aliphatic rings. The summed E-state index contributed by atoms with van der Waals surface area (Å²) in [4.78, 5) is 34.9. The summed E-state index contributed by atoms with van der Waals surface area (Å²) in [7, 11) is -4.65. The van der Waals surface area contributed by atoms with Crippen LogP contribution in [0.15, 0.2) is 97.2 Å². The zero-order valence-electron chi connectivity index (χ0n) is 35.0. The van der Waals surface area contributed by atoms with Crippen molar-refractivity contribution < 1.29 is 47.8 Å². The second-order valence-electron chi connectivity index (χ2n) is 13.6. The topological polar surface area (TPSA) is 149 Å². The first kappa shape index (κ1) is 53.9. The maximum Gasteiger partial charge on any atom is 0.472 e. The van der Waals surface area contributed by atoms with Crippen molar-refractivity contribution in [3.63, 3.8) is 0 Å². The molecule has 0 bridgehead atoms. The van der Waals surface area contributed by atoms with Crippen LogP contribution in [0.25, 0.3) is 0 Å². The van der Waals surface area contributed by atoms with E-state index in [-0.39, 0.29) is 19.4 Å². The highest BCUT2D eigenvalue weighted by Gasteiger charge is 2.27. The molecule has 0 saturated heterocycles. The van der Waals surface area contributed by atoms with E-state index in [2.05, 4.69) is 103 Å². The molecule has 0 spiro atoms. The Hall–Kier alpha value is -3.11. The standard InChI is InChI=1S/C46H75O10P/c1-3-5-7-9-11-13-15-17-19-20-21-22-24-26-28-30-32-34-36-38-46(50)56-44(42-55-57(51,52)54-40-43(48)39-47)41-53-45(49)37-35-33-31-29-27-25-23-18-16-14-12-10-8-6-4-2/h5,7,11-14,17-19,21-23,26,28,32,34,43-44,47-48H,3-4,6,8-10,15-16,20,24-25,27,29-31,33,35-42H2,1-2H3,(H,51,52)/t43-,44+/m0/s1. The summed E-state index contributed by atoms with van der Waals surface area (Å²) in [5.74, 6) is -1.05. The van der Waals surface area contributed by atoms with Crippen LogP contribution in [-0.2, 0) is 32.7 Å². The lowest BCUT2D eigenvalue weighted by molar-refractivity contribution is -0.161. The maximum absolute atomic E-state index is 12.6. The highest BCUT2D eigenvalue weighted by Crippen LogP contribution is 2.43. The van der Waals surface area contributed by atoms with Crippen LogP contribution in [0, 0.1) is 0 Å². The van der Waals surface area contributed by atoms with Gasteiger partial charge in [-0.15, -0.1) is 0 Å². The van der Waals surface area contributed by atoms with E-state index in [1.165, 1.54) is 19.3 Å². The fraction of sp³-hybridized carbons (Fsp3) is 0.609. The molecule has 0 fully saturated rings. The van der Waals surface area contributed by atoms with Gasteiger partial charge in [-0.2, -0.15) is 0 Å². The van der Waals surface area contributed by atoms with Crippen LogP contribution in [0.1, 0.15) is 142 Å². The summed E-state index contributed by atoms with van der Waals surface area (Å²) in [5, 5.41) is 18.3. The van der Waals surface area contributed by atoms with Crippen molar-refractivity contribution in [2.75, 3.05) is 26.4 Å². The smallest absolute Gasteiger partial charge is 0.462 e. The number of carbonyl (C=O) groups is 2. The summed E-state index contributed by atoms with van der Waals surface area (Å²) in [6.07, 6.45) is 49.6. The predicted molar refractivity (Wildman–Crippen MR) is 232 cm³/mol. The molecule has 0 aromatic heterocycles. The summed E-state index contributed by atoms with van der Waals surface area (Å²) >= 11 is 0. The molecule has 1 unspecified atom stereocenters. The van der Waals surface area contributed by atoms with Gasteiger partial charge in [-0.1, -0.05) is 143 Å². The summed E-state index contributed by atoms with van der Waals surface area (Å²) in [5.41, 5.74) is 0. The molecule has 3 N–H and O–H groups in total. The quantitative estimate of drug-likeness (QED) is 0.0238. The van der Waals surface area contributed by atoms with Gasteiger partial charge in [0.2, 0.25) is 0 Å². The minimum absolute atomic E-state index is 0.0502. The number of esters is 2. The molecule has 0 aromatic rings. The van der Waals surface area contributed by atoms with Crippen molar-refractivity contribution in [1.29, 1.82) is 0 Å². The number of phosphoric acid groups is 1. The number of hydrogen-bond acceptors (Lipinski definition) is 9. The Morgan fingerprint density at radius 3 is 1.53 bits per heavy atom. The number of aliphatic hydroxyl groups is 2. The van der Waals surface area contributed by atoms with Crippen molar-refractivity contribution in [2.45, 2.75) is 154 Å². The lowest BCUT2D eigenvalue weighted by atomic mass is 10.1. The normalized spacial score (nSPS) is 14.8. The first-order valence-electron chi connectivity index (χ1n) is 21.2. The van der Waals surface area contributed by atoms with Crippen LogP contribution in [0.3, 0.4) is 0 Å². The Balaban J connectivity index is 4.49. The summed E-state index contributed by atoms with van der Waals surface area (Å²) < 4.78 is 32.6. The SMILES string of the molecule is CCC=CCC=CCC=CCC=CCC=CCC=CCCC(=O)O[C@H](COC(=O)CCCCCCCC=CCC=CCCCCC)COP(=O)(O)OC[C@@H](O)CO. The lowest BCUT2D eigenvalue weighted by Crippen LogP contribution is -2.29. The van der Waals surface area contributed by atoms with Gasteiger partial charge in [0.1, 0.15) is 12.7 Å². The van der Waals surface area contributed by atoms with Gasteiger partial charge in [-0.3, -0.25) is 18.6 Å². The van der Waals surface area contributed by atoms with Crippen molar-refractivity contribution in [3.05, 3.63) is 97.2 Å². The average molecular weight is 819 g/mol. The molecule has 0 heterocycles. The van der Waals surface area contributed by atoms with E-state index in [9.17, 15) is 24.2 Å². The van der Waals surface area contributed by atoms with Gasteiger partial charge in [0, 0.05) is 12.8 Å². The van der Waals surface area contributed by atoms with Crippen LogP contribution in [-0.4, -0.2) is 65.7 Å². The molecule has 0 aliphatic carbocycles. The fourth-order valence-corrected chi connectivity index (χ4v) is 5.78.